The van der Waals surface area contributed by atoms with Gasteiger partial charge in [0, 0.05) is 23.0 Å². The lowest BCUT2D eigenvalue weighted by molar-refractivity contribution is 0.251. The molecule has 19 heavy (non-hydrogen) atoms. The van der Waals surface area contributed by atoms with Crippen molar-refractivity contribution in [2.24, 2.45) is 0 Å². The molecule has 0 saturated heterocycles. The second kappa shape index (κ2) is 6.80. The Morgan fingerprint density at radius 1 is 1.37 bits per heavy atom. The van der Waals surface area contributed by atoms with Crippen LogP contribution >= 0.6 is 23.2 Å². The Balaban J connectivity index is 2.01. The Kier molecular flexibility index (Phi) is 5.34. The molecule has 1 N–H and O–H groups in total. The minimum atomic E-state index is 0.280. The van der Waals surface area contributed by atoms with Crippen molar-refractivity contribution in [3.05, 3.63) is 27.7 Å². The van der Waals surface area contributed by atoms with Gasteiger partial charge in [-0.1, -0.05) is 23.2 Å². The molecule has 1 aromatic rings. The van der Waals surface area contributed by atoms with Crippen LogP contribution in [0, 0.1) is 0 Å². The lowest BCUT2D eigenvalue weighted by Gasteiger charge is -2.28. The van der Waals surface area contributed by atoms with E-state index in [-0.39, 0.29) is 6.04 Å². The van der Waals surface area contributed by atoms with E-state index in [1.54, 1.807) is 6.07 Å². The molecule has 1 aromatic carbocycles. The third-order valence-corrected chi connectivity index (χ3v) is 3.74. The van der Waals surface area contributed by atoms with Crippen LogP contribution in [0.1, 0.15) is 24.4 Å². The maximum Gasteiger partial charge on any atom is 0.142 e. The maximum absolute atomic E-state index is 6.17. The van der Waals surface area contributed by atoms with Gasteiger partial charge in [0.15, 0.2) is 0 Å². The molecular weight excluding hydrogens is 283 g/mol. The van der Waals surface area contributed by atoms with Crippen molar-refractivity contribution in [2.75, 3.05) is 33.8 Å². The average Bonchev–Trinajstić information content (AvgIpc) is 2.34. The fourth-order valence-electron chi connectivity index (χ4n) is 2.31. The van der Waals surface area contributed by atoms with Gasteiger partial charge in [-0.2, -0.15) is 0 Å². The molecule has 1 unspecified atom stereocenters. The van der Waals surface area contributed by atoms with Crippen molar-refractivity contribution < 1.29 is 4.74 Å². The first-order valence-corrected chi connectivity index (χ1v) is 7.33. The van der Waals surface area contributed by atoms with Gasteiger partial charge in [0.2, 0.25) is 0 Å². The zero-order chi connectivity index (χ0) is 13.8. The summed E-state index contributed by atoms with van der Waals surface area (Å²) in [6.07, 6.45) is 2.07. The van der Waals surface area contributed by atoms with Crippen LogP contribution < -0.4 is 10.1 Å². The first-order chi connectivity index (χ1) is 9.08. The Labute approximate surface area is 124 Å². The predicted octanol–water partition coefficient (Wildman–Crippen LogP) is 3.36. The summed E-state index contributed by atoms with van der Waals surface area (Å²) in [6.45, 7) is 2.76. The van der Waals surface area contributed by atoms with Crippen LogP contribution in [0.5, 0.6) is 5.75 Å². The van der Waals surface area contributed by atoms with Gasteiger partial charge in [-0.3, -0.25) is 0 Å². The van der Waals surface area contributed by atoms with Crippen LogP contribution in [0.4, 0.5) is 0 Å². The summed E-state index contributed by atoms with van der Waals surface area (Å²) in [5.41, 5.74) is 1.08. The quantitative estimate of drug-likeness (QED) is 0.844. The van der Waals surface area contributed by atoms with Gasteiger partial charge < -0.3 is 15.0 Å². The molecule has 106 valence electrons. The Bertz CT molecular complexity index is 438. The summed E-state index contributed by atoms with van der Waals surface area (Å²) < 4.78 is 5.65. The van der Waals surface area contributed by atoms with Crippen LogP contribution in [0.15, 0.2) is 12.1 Å². The van der Waals surface area contributed by atoms with Crippen LogP contribution in [-0.4, -0.2) is 38.7 Å². The summed E-state index contributed by atoms with van der Waals surface area (Å²) >= 11 is 12.2. The molecule has 0 bridgehead atoms. The second-order valence-electron chi connectivity index (χ2n) is 5.11. The molecule has 0 radical (unpaired) electrons. The molecule has 1 heterocycles. The highest BCUT2D eigenvalue weighted by atomic mass is 35.5. The molecule has 1 aliphatic heterocycles. The van der Waals surface area contributed by atoms with Crippen LogP contribution in [-0.2, 0) is 0 Å². The Hall–Kier alpha value is -0.480. The van der Waals surface area contributed by atoms with Crippen molar-refractivity contribution in [1.82, 2.24) is 10.2 Å². The van der Waals surface area contributed by atoms with Crippen molar-refractivity contribution >= 4 is 23.2 Å². The third kappa shape index (κ3) is 3.99. The highest BCUT2D eigenvalue weighted by molar-refractivity contribution is 6.35. The highest BCUT2D eigenvalue weighted by Crippen LogP contribution is 2.39. The molecule has 0 fully saturated rings. The number of halogens is 2. The molecule has 1 atom stereocenters. The largest absolute Gasteiger partial charge is 0.492 e. The smallest absolute Gasteiger partial charge is 0.142 e. The molecule has 0 spiro atoms. The van der Waals surface area contributed by atoms with Gasteiger partial charge in [0.1, 0.15) is 5.75 Å². The van der Waals surface area contributed by atoms with Gasteiger partial charge in [0.05, 0.1) is 11.6 Å². The molecule has 2 rings (SSSR count). The lowest BCUT2D eigenvalue weighted by atomic mass is 10.0. The van der Waals surface area contributed by atoms with E-state index in [0.717, 1.165) is 37.2 Å². The summed E-state index contributed by atoms with van der Waals surface area (Å²) in [5, 5.41) is 4.82. The summed E-state index contributed by atoms with van der Waals surface area (Å²) in [5.74, 6) is 0.780. The number of rotatable bonds is 5. The summed E-state index contributed by atoms with van der Waals surface area (Å²) in [6, 6.07) is 3.96. The fraction of sp³-hybridized carbons (Fsp3) is 0.571. The molecule has 0 aliphatic carbocycles. The fourth-order valence-corrected chi connectivity index (χ4v) is 2.87. The number of hydrogen-bond donors (Lipinski definition) is 1. The number of nitrogens with zero attached hydrogens (tertiary/aromatic N) is 1. The van der Waals surface area contributed by atoms with E-state index in [1.807, 2.05) is 6.07 Å². The van der Waals surface area contributed by atoms with Crippen LogP contribution in [0.3, 0.4) is 0 Å². The first-order valence-electron chi connectivity index (χ1n) is 6.58. The van der Waals surface area contributed by atoms with Crippen molar-refractivity contribution in [3.8, 4) is 5.75 Å². The zero-order valence-electron chi connectivity index (χ0n) is 11.4. The van der Waals surface area contributed by atoms with Crippen LogP contribution in [0.25, 0.3) is 0 Å². The summed E-state index contributed by atoms with van der Waals surface area (Å²) in [7, 11) is 4.17. The van der Waals surface area contributed by atoms with E-state index >= 15 is 0 Å². The maximum atomic E-state index is 6.17. The third-order valence-electron chi connectivity index (χ3n) is 3.24. The lowest BCUT2D eigenvalue weighted by Crippen LogP contribution is -2.29. The minimum Gasteiger partial charge on any atom is -0.492 e. The van der Waals surface area contributed by atoms with Gasteiger partial charge in [0.25, 0.3) is 0 Å². The first kappa shape index (κ1) is 14.9. The number of ether oxygens (including phenoxy) is 1. The molecule has 0 amide bonds. The standard InChI is InChI=1S/C14H20Cl2N2O/c1-18(2)6-3-5-17-13-4-7-19-14-11(13)8-10(15)9-12(14)16/h8-9,13,17H,3-7H2,1-2H3. The number of fused-ring (bicyclic) bond motifs is 1. The molecule has 0 aromatic heterocycles. The van der Waals surface area contributed by atoms with E-state index in [4.69, 9.17) is 27.9 Å². The minimum absolute atomic E-state index is 0.280. The number of nitrogens with one attached hydrogen (secondary N) is 1. The average molecular weight is 303 g/mol. The van der Waals surface area contributed by atoms with Crippen molar-refractivity contribution in [3.63, 3.8) is 0 Å². The van der Waals surface area contributed by atoms with E-state index in [0.29, 0.717) is 16.7 Å². The highest BCUT2D eigenvalue weighted by Gasteiger charge is 2.23. The van der Waals surface area contributed by atoms with Crippen molar-refractivity contribution in [1.29, 1.82) is 0 Å². The molecule has 1 aliphatic rings. The van der Waals surface area contributed by atoms with E-state index in [1.165, 1.54) is 0 Å². The normalized spacial score (nSPS) is 18.3. The Morgan fingerprint density at radius 2 is 2.16 bits per heavy atom. The number of hydrogen-bond acceptors (Lipinski definition) is 3. The molecular formula is C14H20Cl2N2O. The van der Waals surface area contributed by atoms with E-state index < -0.39 is 0 Å². The molecule has 3 nitrogen and oxygen atoms in total. The van der Waals surface area contributed by atoms with E-state index in [9.17, 15) is 0 Å². The monoisotopic (exact) mass is 302 g/mol. The second-order valence-corrected chi connectivity index (χ2v) is 5.95. The van der Waals surface area contributed by atoms with E-state index in [2.05, 4.69) is 24.3 Å². The molecule has 0 saturated carbocycles. The number of benzene rings is 1. The van der Waals surface area contributed by atoms with Gasteiger partial charge in [-0.05, 0) is 45.7 Å². The Morgan fingerprint density at radius 3 is 2.89 bits per heavy atom. The van der Waals surface area contributed by atoms with Gasteiger partial charge >= 0.3 is 0 Å². The topological polar surface area (TPSA) is 24.5 Å². The summed E-state index contributed by atoms with van der Waals surface area (Å²) in [4.78, 5) is 2.19. The van der Waals surface area contributed by atoms with Crippen molar-refractivity contribution in [2.45, 2.75) is 18.9 Å². The van der Waals surface area contributed by atoms with Gasteiger partial charge in [-0.25, -0.2) is 0 Å². The zero-order valence-corrected chi connectivity index (χ0v) is 12.9. The van der Waals surface area contributed by atoms with Crippen LogP contribution in [0.2, 0.25) is 10.0 Å². The molecule has 5 heteroatoms. The predicted molar refractivity (Wildman–Crippen MR) is 80.5 cm³/mol. The SMILES string of the molecule is CN(C)CCCNC1CCOc2c(Cl)cc(Cl)cc21. The van der Waals surface area contributed by atoms with Gasteiger partial charge in [-0.15, -0.1) is 0 Å².